The average Bonchev–Trinajstić information content (AvgIpc) is 3.00. The highest BCUT2D eigenvalue weighted by atomic mass is 32.2. The number of ether oxygens (including phenoxy) is 2. The maximum atomic E-state index is 13.0. The Balaban J connectivity index is 1.46. The maximum Gasteiger partial charge on any atom is 0.243 e. The molecule has 0 spiro atoms. The number of hydrogen-bond donors (Lipinski definition) is 0. The van der Waals surface area contributed by atoms with Crippen molar-refractivity contribution in [1.82, 2.24) is 9.21 Å². The summed E-state index contributed by atoms with van der Waals surface area (Å²) in [6, 6.07) is 15.1. The summed E-state index contributed by atoms with van der Waals surface area (Å²) < 4.78 is 38.2. The van der Waals surface area contributed by atoms with E-state index in [0.717, 1.165) is 26.1 Å². The SMILES string of the molecule is O=S(=O)(c1ccc2c(c1)OCO2)N1CCCN(Cc2ccccc2)CC1. The van der Waals surface area contributed by atoms with Gasteiger partial charge in [-0.1, -0.05) is 30.3 Å². The second-order valence-electron chi connectivity index (χ2n) is 6.53. The van der Waals surface area contributed by atoms with E-state index in [-0.39, 0.29) is 11.7 Å². The van der Waals surface area contributed by atoms with Gasteiger partial charge in [-0.25, -0.2) is 8.42 Å². The van der Waals surface area contributed by atoms with Gasteiger partial charge in [0, 0.05) is 32.2 Å². The van der Waals surface area contributed by atoms with Gasteiger partial charge in [0.05, 0.1) is 4.90 Å². The van der Waals surface area contributed by atoms with Crippen LogP contribution in [0.1, 0.15) is 12.0 Å². The van der Waals surface area contributed by atoms with Gasteiger partial charge in [0.15, 0.2) is 11.5 Å². The monoisotopic (exact) mass is 374 g/mol. The average molecular weight is 374 g/mol. The molecule has 0 bridgehead atoms. The zero-order valence-corrected chi connectivity index (χ0v) is 15.3. The van der Waals surface area contributed by atoms with E-state index >= 15 is 0 Å². The minimum Gasteiger partial charge on any atom is -0.454 e. The molecule has 6 nitrogen and oxygen atoms in total. The molecule has 0 atom stereocenters. The standard InChI is InChI=1S/C19H22N2O4S/c22-26(23,17-7-8-18-19(13-17)25-15-24-18)21-10-4-9-20(11-12-21)14-16-5-2-1-3-6-16/h1-3,5-8,13H,4,9-12,14-15H2. The number of nitrogens with zero attached hydrogens (tertiary/aromatic N) is 2. The van der Waals surface area contributed by atoms with E-state index in [0.29, 0.717) is 24.6 Å². The highest BCUT2D eigenvalue weighted by Crippen LogP contribution is 2.34. The van der Waals surface area contributed by atoms with Gasteiger partial charge in [-0.05, 0) is 30.7 Å². The van der Waals surface area contributed by atoms with Crippen LogP contribution in [0.15, 0.2) is 53.4 Å². The number of benzene rings is 2. The minimum absolute atomic E-state index is 0.136. The van der Waals surface area contributed by atoms with Crippen molar-refractivity contribution in [2.45, 2.75) is 17.9 Å². The van der Waals surface area contributed by atoms with Crippen LogP contribution in [-0.4, -0.2) is 50.6 Å². The Hall–Kier alpha value is -2.09. The van der Waals surface area contributed by atoms with Crippen LogP contribution in [0.5, 0.6) is 11.5 Å². The lowest BCUT2D eigenvalue weighted by Crippen LogP contribution is -2.35. The molecule has 2 aliphatic heterocycles. The van der Waals surface area contributed by atoms with Crippen molar-refractivity contribution in [3.05, 3.63) is 54.1 Å². The number of hydrogen-bond acceptors (Lipinski definition) is 5. The van der Waals surface area contributed by atoms with Gasteiger partial charge < -0.3 is 9.47 Å². The van der Waals surface area contributed by atoms with E-state index in [2.05, 4.69) is 17.0 Å². The molecule has 0 radical (unpaired) electrons. The van der Waals surface area contributed by atoms with Crippen molar-refractivity contribution in [1.29, 1.82) is 0 Å². The van der Waals surface area contributed by atoms with E-state index in [1.165, 1.54) is 5.56 Å². The highest BCUT2D eigenvalue weighted by molar-refractivity contribution is 7.89. The van der Waals surface area contributed by atoms with Gasteiger partial charge in [0.25, 0.3) is 0 Å². The molecule has 26 heavy (non-hydrogen) atoms. The van der Waals surface area contributed by atoms with Crippen molar-refractivity contribution < 1.29 is 17.9 Å². The fraction of sp³-hybridized carbons (Fsp3) is 0.368. The summed E-state index contributed by atoms with van der Waals surface area (Å²) in [4.78, 5) is 2.57. The van der Waals surface area contributed by atoms with Crippen molar-refractivity contribution in [3.63, 3.8) is 0 Å². The fourth-order valence-corrected chi connectivity index (χ4v) is 4.86. The summed E-state index contributed by atoms with van der Waals surface area (Å²) in [5.74, 6) is 1.08. The Bertz CT molecular complexity index is 870. The Morgan fingerprint density at radius 1 is 0.885 bits per heavy atom. The molecule has 1 saturated heterocycles. The molecule has 2 aromatic rings. The Morgan fingerprint density at radius 3 is 2.54 bits per heavy atom. The molecule has 0 aliphatic carbocycles. The number of sulfonamides is 1. The number of fused-ring (bicyclic) bond motifs is 1. The van der Waals surface area contributed by atoms with Crippen molar-refractivity contribution >= 4 is 10.0 Å². The fourth-order valence-electron chi connectivity index (χ4n) is 3.37. The first-order chi connectivity index (χ1) is 12.6. The van der Waals surface area contributed by atoms with E-state index in [4.69, 9.17) is 9.47 Å². The molecular formula is C19H22N2O4S. The number of rotatable bonds is 4. The molecule has 0 saturated carbocycles. The van der Waals surface area contributed by atoms with Crippen molar-refractivity contribution in [2.24, 2.45) is 0 Å². The normalized spacial score (nSPS) is 18.6. The van der Waals surface area contributed by atoms with Crippen LogP contribution < -0.4 is 9.47 Å². The molecular weight excluding hydrogens is 352 g/mol. The largest absolute Gasteiger partial charge is 0.454 e. The second-order valence-corrected chi connectivity index (χ2v) is 8.47. The van der Waals surface area contributed by atoms with Crippen LogP contribution in [-0.2, 0) is 16.6 Å². The smallest absolute Gasteiger partial charge is 0.243 e. The topological polar surface area (TPSA) is 59.1 Å². The van der Waals surface area contributed by atoms with E-state index in [1.54, 1.807) is 22.5 Å². The Kier molecular flexibility index (Phi) is 4.84. The summed E-state index contributed by atoms with van der Waals surface area (Å²) in [6.45, 7) is 3.61. The van der Waals surface area contributed by atoms with Crippen LogP contribution in [0.25, 0.3) is 0 Å². The van der Waals surface area contributed by atoms with E-state index in [9.17, 15) is 8.42 Å². The summed E-state index contributed by atoms with van der Waals surface area (Å²) in [7, 11) is -3.53. The van der Waals surface area contributed by atoms with Gasteiger partial charge in [-0.2, -0.15) is 4.31 Å². The predicted octanol–water partition coefficient (Wildman–Crippen LogP) is 2.31. The summed E-state index contributed by atoms with van der Waals surface area (Å²) in [5, 5.41) is 0. The van der Waals surface area contributed by atoms with Crippen LogP contribution >= 0.6 is 0 Å². The third-order valence-electron chi connectivity index (χ3n) is 4.78. The van der Waals surface area contributed by atoms with Crippen molar-refractivity contribution in [2.75, 3.05) is 33.0 Å². The van der Waals surface area contributed by atoms with E-state index in [1.807, 2.05) is 18.2 Å². The van der Waals surface area contributed by atoms with Gasteiger partial charge in [-0.15, -0.1) is 0 Å². The van der Waals surface area contributed by atoms with Crippen LogP contribution in [0.4, 0.5) is 0 Å². The summed E-state index contributed by atoms with van der Waals surface area (Å²) in [6.07, 6.45) is 0.816. The lowest BCUT2D eigenvalue weighted by molar-refractivity contribution is 0.174. The van der Waals surface area contributed by atoms with Gasteiger partial charge in [-0.3, -0.25) is 4.90 Å². The molecule has 0 unspecified atom stereocenters. The molecule has 2 aromatic carbocycles. The van der Waals surface area contributed by atoms with Gasteiger partial charge >= 0.3 is 0 Å². The first-order valence-corrected chi connectivity index (χ1v) is 10.2. The van der Waals surface area contributed by atoms with Crippen LogP contribution in [0, 0.1) is 0 Å². The Labute approximate surface area is 154 Å². The molecule has 0 N–H and O–H groups in total. The van der Waals surface area contributed by atoms with E-state index < -0.39 is 10.0 Å². The molecule has 2 aliphatic rings. The molecule has 0 aromatic heterocycles. The Morgan fingerprint density at radius 2 is 1.69 bits per heavy atom. The zero-order valence-electron chi connectivity index (χ0n) is 14.5. The highest BCUT2D eigenvalue weighted by Gasteiger charge is 2.28. The quantitative estimate of drug-likeness (QED) is 0.822. The molecule has 2 heterocycles. The van der Waals surface area contributed by atoms with Crippen LogP contribution in [0.2, 0.25) is 0 Å². The molecule has 0 amide bonds. The molecule has 4 rings (SSSR count). The second kappa shape index (κ2) is 7.26. The third-order valence-corrected chi connectivity index (χ3v) is 6.67. The summed E-state index contributed by atoms with van der Waals surface area (Å²) in [5.41, 5.74) is 1.25. The lowest BCUT2D eigenvalue weighted by Gasteiger charge is -2.22. The molecule has 7 heteroatoms. The first kappa shape index (κ1) is 17.3. The maximum absolute atomic E-state index is 13.0. The van der Waals surface area contributed by atoms with Crippen LogP contribution in [0.3, 0.4) is 0 Å². The van der Waals surface area contributed by atoms with Gasteiger partial charge in [0.1, 0.15) is 0 Å². The van der Waals surface area contributed by atoms with Gasteiger partial charge in [0.2, 0.25) is 16.8 Å². The third kappa shape index (κ3) is 3.56. The predicted molar refractivity (Wildman–Crippen MR) is 97.7 cm³/mol. The lowest BCUT2D eigenvalue weighted by atomic mass is 10.2. The minimum atomic E-state index is -3.53. The molecule has 138 valence electrons. The van der Waals surface area contributed by atoms with Crippen molar-refractivity contribution in [3.8, 4) is 11.5 Å². The molecule has 1 fully saturated rings. The summed E-state index contributed by atoms with van der Waals surface area (Å²) >= 11 is 0. The first-order valence-electron chi connectivity index (χ1n) is 8.79. The zero-order chi connectivity index (χ0) is 18.0.